The van der Waals surface area contributed by atoms with Crippen LogP contribution < -0.4 is 5.32 Å². The third-order valence-corrected chi connectivity index (χ3v) is 5.11. The van der Waals surface area contributed by atoms with Crippen molar-refractivity contribution < 1.29 is 14.7 Å². The third kappa shape index (κ3) is 2.18. The van der Waals surface area contributed by atoms with Gasteiger partial charge >= 0.3 is 5.97 Å². The maximum absolute atomic E-state index is 12.2. The van der Waals surface area contributed by atoms with E-state index in [0.29, 0.717) is 27.3 Å². The van der Waals surface area contributed by atoms with Crippen LogP contribution in [0.15, 0.2) is 18.2 Å². The van der Waals surface area contributed by atoms with Crippen LogP contribution in [0.1, 0.15) is 28.1 Å². The van der Waals surface area contributed by atoms with Crippen LogP contribution in [-0.4, -0.2) is 17.0 Å². The summed E-state index contributed by atoms with van der Waals surface area (Å²) >= 11 is 1.13. The molecule has 1 amide bonds. The summed E-state index contributed by atoms with van der Waals surface area (Å²) < 4.78 is 0. The predicted octanol–water partition coefficient (Wildman–Crippen LogP) is 2.91. The van der Waals surface area contributed by atoms with Crippen molar-refractivity contribution in [3.05, 3.63) is 28.7 Å². The molecule has 1 heterocycles. The highest BCUT2D eigenvalue weighted by Gasteiger charge is 2.39. The lowest BCUT2D eigenvalue weighted by molar-refractivity contribution is -0.120. The second-order valence-corrected chi connectivity index (χ2v) is 6.36. The summed E-state index contributed by atoms with van der Waals surface area (Å²) in [6, 6.07) is 1.73. The van der Waals surface area contributed by atoms with Crippen LogP contribution in [-0.2, 0) is 4.79 Å². The number of carbonyl (C=O) groups excluding carboxylic acids is 1. The molecule has 100 valence electrons. The molecule has 1 aromatic heterocycles. The van der Waals surface area contributed by atoms with Crippen LogP contribution in [0, 0.1) is 24.7 Å². The van der Waals surface area contributed by atoms with E-state index in [1.807, 2.05) is 0 Å². The average molecular weight is 277 g/mol. The van der Waals surface area contributed by atoms with Gasteiger partial charge in [-0.05, 0) is 43.2 Å². The molecule has 1 fully saturated rings. The molecule has 2 bridgehead atoms. The molecule has 2 N–H and O–H groups in total. The molecule has 2 aliphatic rings. The Morgan fingerprint density at radius 3 is 2.68 bits per heavy atom. The van der Waals surface area contributed by atoms with E-state index in [2.05, 4.69) is 17.5 Å². The molecule has 5 heteroatoms. The Kier molecular flexibility index (Phi) is 2.93. The van der Waals surface area contributed by atoms with Gasteiger partial charge in [-0.25, -0.2) is 4.79 Å². The number of aromatic carboxylic acids is 1. The molecule has 0 aliphatic heterocycles. The first-order valence-corrected chi connectivity index (χ1v) is 7.19. The second kappa shape index (κ2) is 4.49. The number of carbonyl (C=O) groups is 2. The molecule has 1 saturated carbocycles. The van der Waals surface area contributed by atoms with Crippen molar-refractivity contribution in [1.29, 1.82) is 0 Å². The molecule has 3 rings (SSSR count). The standard InChI is InChI=1S/C14H15NO3S/c1-7-4-11(19-12(7)14(17)18)15-13(16)10-6-8-2-3-9(10)5-8/h2-4,8-10H,5-6H2,1H3,(H,15,16)(H,17,18). The highest BCUT2D eigenvalue weighted by atomic mass is 32.1. The number of hydrogen-bond acceptors (Lipinski definition) is 3. The predicted molar refractivity (Wildman–Crippen MR) is 73.5 cm³/mol. The number of carboxylic acid groups (broad SMARTS) is 1. The summed E-state index contributed by atoms with van der Waals surface area (Å²) in [6.45, 7) is 1.75. The Hall–Kier alpha value is -1.62. The zero-order valence-corrected chi connectivity index (χ0v) is 11.4. The van der Waals surface area contributed by atoms with Crippen LogP contribution in [0.2, 0.25) is 0 Å². The Bertz CT molecular complexity index is 575. The molecular weight excluding hydrogens is 262 g/mol. The number of thiophene rings is 1. The highest BCUT2D eigenvalue weighted by Crippen LogP contribution is 2.44. The monoisotopic (exact) mass is 277 g/mol. The lowest BCUT2D eigenvalue weighted by atomic mass is 9.93. The molecule has 0 aromatic carbocycles. The largest absolute Gasteiger partial charge is 0.477 e. The summed E-state index contributed by atoms with van der Waals surface area (Å²) in [5.74, 6) is 0.0528. The maximum Gasteiger partial charge on any atom is 0.346 e. The van der Waals surface area contributed by atoms with Gasteiger partial charge in [-0.3, -0.25) is 4.79 Å². The first-order chi connectivity index (χ1) is 9.04. The molecule has 3 atom stereocenters. The highest BCUT2D eigenvalue weighted by molar-refractivity contribution is 7.18. The van der Waals surface area contributed by atoms with Gasteiger partial charge in [0.2, 0.25) is 5.91 Å². The number of hydrogen-bond donors (Lipinski definition) is 2. The molecular formula is C14H15NO3S. The normalized spacial score (nSPS) is 27.7. The van der Waals surface area contributed by atoms with Gasteiger partial charge in [0, 0.05) is 5.92 Å². The lowest BCUT2D eigenvalue weighted by Gasteiger charge is -2.16. The van der Waals surface area contributed by atoms with Gasteiger partial charge in [-0.2, -0.15) is 0 Å². The summed E-state index contributed by atoms with van der Waals surface area (Å²) in [6.07, 6.45) is 6.35. The summed E-state index contributed by atoms with van der Waals surface area (Å²) in [5, 5.41) is 12.5. The topological polar surface area (TPSA) is 66.4 Å². The van der Waals surface area contributed by atoms with Crippen molar-refractivity contribution in [3.63, 3.8) is 0 Å². The van der Waals surface area contributed by atoms with Crippen molar-refractivity contribution in [2.24, 2.45) is 17.8 Å². The van der Waals surface area contributed by atoms with Crippen LogP contribution in [0.25, 0.3) is 0 Å². The van der Waals surface area contributed by atoms with Gasteiger partial charge < -0.3 is 10.4 Å². The molecule has 1 aromatic rings. The van der Waals surface area contributed by atoms with Crippen LogP contribution >= 0.6 is 11.3 Å². The fraction of sp³-hybridized carbons (Fsp3) is 0.429. The van der Waals surface area contributed by atoms with Gasteiger partial charge in [0.15, 0.2) is 0 Å². The van der Waals surface area contributed by atoms with E-state index < -0.39 is 5.97 Å². The molecule has 19 heavy (non-hydrogen) atoms. The van der Waals surface area contributed by atoms with Gasteiger partial charge in [0.05, 0.1) is 5.00 Å². The van der Waals surface area contributed by atoms with Gasteiger partial charge in [-0.15, -0.1) is 11.3 Å². The number of carboxylic acids is 1. The minimum absolute atomic E-state index is 0.0232. The zero-order valence-electron chi connectivity index (χ0n) is 10.6. The van der Waals surface area contributed by atoms with Crippen molar-refractivity contribution in [3.8, 4) is 0 Å². The summed E-state index contributed by atoms with van der Waals surface area (Å²) in [7, 11) is 0. The minimum atomic E-state index is -0.939. The number of nitrogens with one attached hydrogen (secondary N) is 1. The Balaban J connectivity index is 1.71. The molecule has 0 saturated heterocycles. The molecule has 3 unspecified atom stereocenters. The van der Waals surface area contributed by atoms with E-state index in [1.165, 1.54) is 0 Å². The van der Waals surface area contributed by atoms with Gasteiger partial charge in [-0.1, -0.05) is 12.2 Å². The fourth-order valence-electron chi connectivity index (χ4n) is 3.05. The number of allylic oxidation sites excluding steroid dienone is 2. The number of amides is 1. The zero-order chi connectivity index (χ0) is 13.6. The van der Waals surface area contributed by atoms with E-state index in [0.717, 1.165) is 24.2 Å². The van der Waals surface area contributed by atoms with E-state index in [1.54, 1.807) is 13.0 Å². The van der Waals surface area contributed by atoms with Gasteiger partial charge in [0.25, 0.3) is 0 Å². The van der Waals surface area contributed by atoms with Crippen molar-refractivity contribution in [2.45, 2.75) is 19.8 Å². The fourth-order valence-corrected chi connectivity index (χ4v) is 3.97. The van der Waals surface area contributed by atoms with E-state index >= 15 is 0 Å². The molecule has 0 radical (unpaired) electrons. The molecule has 4 nitrogen and oxygen atoms in total. The maximum atomic E-state index is 12.2. The van der Waals surface area contributed by atoms with Gasteiger partial charge in [0.1, 0.15) is 4.88 Å². The van der Waals surface area contributed by atoms with E-state index in [9.17, 15) is 9.59 Å². The number of anilines is 1. The summed E-state index contributed by atoms with van der Waals surface area (Å²) in [5.41, 5.74) is 0.695. The number of rotatable bonds is 3. The van der Waals surface area contributed by atoms with Crippen LogP contribution in [0.5, 0.6) is 0 Å². The van der Waals surface area contributed by atoms with E-state index in [-0.39, 0.29) is 11.8 Å². The smallest absolute Gasteiger partial charge is 0.346 e. The molecule has 0 spiro atoms. The Morgan fingerprint density at radius 2 is 2.16 bits per heavy atom. The minimum Gasteiger partial charge on any atom is -0.477 e. The number of fused-ring (bicyclic) bond motifs is 2. The lowest BCUT2D eigenvalue weighted by Crippen LogP contribution is -2.25. The quantitative estimate of drug-likeness (QED) is 0.835. The van der Waals surface area contributed by atoms with Crippen LogP contribution in [0.3, 0.4) is 0 Å². The first-order valence-electron chi connectivity index (χ1n) is 6.37. The van der Waals surface area contributed by atoms with Crippen LogP contribution in [0.4, 0.5) is 5.00 Å². The summed E-state index contributed by atoms with van der Waals surface area (Å²) in [4.78, 5) is 23.5. The molecule has 2 aliphatic carbocycles. The number of aryl methyl sites for hydroxylation is 1. The van der Waals surface area contributed by atoms with Crippen molar-refractivity contribution in [1.82, 2.24) is 0 Å². The first kappa shape index (κ1) is 12.4. The Morgan fingerprint density at radius 1 is 1.37 bits per heavy atom. The second-order valence-electron chi connectivity index (χ2n) is 5.30. The third-order valence-electron chi connectivity index (χ3n) is 3.97. The van der Waals surface area contributed by atoms with Crippen molar-refractivity contribution in [2.75, 3.05) is 5.32 Å². The van der Waals surface area contributed by atoms with E-state index in [4.69, 9.17) is 5.11 Å². The van der Waals surface area contributed by atoms with Crippen molar-refractivity contribution >= 4 is 28.2 Å². The SMILES string of the molecule is Cc1cc(NC(=O)C2CC3C=CC2C3)sc1C(=O)O. The average Bonchev–Trinajstić information content (AvgIpc) is 3.03. The Labute approximate surface area is 115 Å².